The number of benzene rings is 2. The number of ether oxygens (including phenoxy) is 3. The van der Waals surface area contributed by atoms with Crippen LogP contribution in [0, 0.1) is 0 Å². The van der Waals surface area contributed by atoms with Crippen molar-refractivity contribution in [2.24, 2.45) is 0 Å². The van der Waals surface area contributed by atoms with Crippen LogP contribution in [0.25, 0.3) is 0 Å². The summed E-state index contributed by atoms with van der Waals surface area (Å²) >= 11 is 0. The first-order valence-corrected chi connectivity index (χ1v) is 5.99. The summed E-state index contributed by atoms with van der Waals surface area (Å²) in [5.74, 6) is 2.10. The van der Waals surface area contributed by atoms with Crippen molar-refractivity contribution in [3.63, 3.8) is 0 Å². The third-order valence-corrected chi connectivity index (χ3v) is 3.12. The van der Waals surface area contributed by atoms with Gasteiger partial charge in [0.15, 0.2) is 11.5 Å². The zero-order valence-corrected chi connectivity index (χ0v) is 10.5. The summed E-state index contributed by atoms with van der Waals surface area (Å²) in [7, 11) is 1.60. The highest BCUT2D eigenvalue weighted by atomic mass is 16.7. The molecule has 4 heteroatoms. The molecule has 0 spiro atoms. The minimum Gasteiger partial charge on any atom is -0.497 e. The molecule has 0 saturated carbocycles. The first-order valence-electron chi connectivity index (χ1n) is 5.99. The van der Waals surface area contributed by atoms with Crippen LogP contribution in [0.15, 0.2) is 42.5 Å². The lowest BCUT2D eigenvalue weighted by Crippen LogP contribution is -2.00. The van der Waals surface area contributed by atoms with Gasteiger partial charge in [0.05, 0.1) is 7.11 Å². The lowest BCUT2D eigenvalue weighted by atomic mass is 10.0. The number of rotatable bonds is 3. The summed E-state index contributed by atoms with van der Waals surface area (Å²) in [6.07, 6.45) is -0.718. The molecule has 98 valence electrons. The Hall–Kier alpha value is -2.20. The highest BCUT2D eigenvalue weighted by Crippen LogP contribution is 2.35. The topological polar surface area (TPSA) is 47.9 Å². The average Bonchev–Trinajstić information content (AvgIpc) is 2.94. The lowest BCUT2D eigenvalue weighted by molar-refractivity contribution is 0.173. The van der Waals surface area contributed by atoms with Crippen LogP contribution in [-0.4, -0.2) is 19.0 Å². The van der Waals surface area contributed by atoms with E-state index < -0.39 is 6.10 Å². The summed E-state index contributed by atoms with van der Waals surface area (Å²) in [4.78, 5) is 0. The molecule has 2 aromatic rings. The van der Waals surface area contributed by atoms with Crippen molar-refractivity contribution in [3.8, 4) is 17.2 Å². The summed E-state index contributed by atoms with van der Waals surface area (Å²) in [6.45, 7) is 0.230. The van der Waals surface area contributed by atoms with E-state index in [1.807, 2.05) is 30.3 Å². The molecule has 0 aliphatic carbocycles. The molecule has 3 rings (SSSR count). The Morgan fingerprint density at radius 2 is 1.84 bits per heavy atom. The van der Waals surface area contributed by atoms with Gasteiger partial charge in [-0.2, -0.15) is 0 Å². The smallest absolute Gasteiger partial charge is 0.231 e. The number of fused-ring (bicyclic) bond motifs is 1. The van der Waals surface area contributed by atoms with E-state index in [0.29, 0.717) is 11.5 Å². The molecule has 0 aromatic heterocycles. The molecule has 0 amide bonds. The van der Waals surface area contributed by atoms with E-state index in [-0.39, 0.29) is 6.79 Å². The number of hydrogen-bond acceptors (Lipinski definition) is 4. The lowest BCUT2D eigenvalue weighted by Gasteiger charge is -2.13. The van der Waals surface area contributed by atoms with E-state index in [9.17, 15) is 5.11 Å². The summed E-state index contributed by atoms with van der Waals surface area (Å²) in [5.41, 5.74) is 1.54. The number of aliphatic hydroxyl groups excluding tert-OH is 1. The normalized spacial score (nSPS) is 14.2. The molecular weight excluding hydrogens is 244 g/mol. The molecular formula is C15H14O4. The van der Waals surface area contributed by atoms with Crippen molar-refractivity contribution in [1.82, 2.24) is 0 Å². The fraction of sp³-hybridized carbons (Fsp3) is 0.200. The Bertz CT molecular complexity index is 594. The molecule has 1 aliphatic heterocycles. The Kier molecular flexibility index (Phi) is 3.01. The highest BCUT2D eigenvalue weighted by Gasteiger charge is 2.17. The van der Waals surface area contributed by atoms with Crippen molar-refractivity contribution < 1.29 is 19.3 Å². The third-order valence-electron chi connectivity index (χ3n) is 3.12. The zero-order valence-electron chi connectivity index (χ0n) is 10.5. The van der Waals surface area contributed by atoms with Crippen molar-refractivity contribution in [1.29, 1.82) is 0 Å². The van der Waals surface area contributed by atoms with Gasteiger partial charge in [0.25, 0.3) is 0 Å². The molecule has 2 aromatic carbocycles. The maximum atomic E-state index is 10.4. The van der Waals surface area contributed by atoms with Gasteiger partial charge in [0.2, 0.25) is 6.79 Å². The van der Waals surface area contributed by atoms with E-state index in [4.69, 9.17) is 14.2 Å². The van der Waals surface area contributed by atoms with Crippen LogP contribution in [-0.2, 0) is 0 Å². The van der Waals surface area contributed by atoms with Crippen LogP contribution >= 0.6 is 0 Å². The Labute approximate surface area is 111 Å². The molecule has 1 atom stereocenters. The van der Waals surface area contributed by atoms with Gasteiger partial charge in [0.1, 0.15) is 11.9 Å². The van der Waals surface area contributed by atoms with Crippen LogP contribution in [0.1, 0.15) is 17.2 Å². The van der Waals surface area contributed by atoms with Gasteiger partial charge in [-0.1, -0.05) is 18.2 Å². The van der Waals surface area contributed by atoms with Gasteiger partial charge < -0.3 is 19.3 Å². The van der Waals surface area contributed by atoms with E-state index in [2.05, 4.69) is 0 Å². The molecule has 4 nitrogen and oxygen atoms in total. The fourth-order valence-corrected chi connectivity index (χ4v) is 2.09. The molecule has 0 saturated heterocycles. The van der Waals surface area contributed by atoms with Crippen molar-refractivity contribution in [2.45, 2.75) is 6.10 Å². The van der Waals surface area contributed by atoms with Crippen LogP contribution in [0.5, 0.6) is 17.2 Å². The third kappa shape index (κ3) is 2.22. The van der Waals surface area contributed by atoms with Crippen LogP contribution in [0.2, 0.25) is 0 Å². The van der Waals surface area contributed by atoms with E-state index in [1.54, 1.807) is 19.2 Å². The standard InChI is InChI=1S/C15H14O4/c1-17-12-4-2-3-10(7-12)15(16)11-5-6-13-14(8-11)19-9-18-13/h2-8,15-16H,9H2,1H3/t15-/m1/s1. The minimum atomic E-state index is -0.718. The molecule has 0 bridgehead atoms. The van der Waals surface area contributed by atoms with Gasteiger partial charge in [-0.25, -0.2) is 0 Å². The first kappa shape index (κ1) is 11.9. The largest absolute Gasteiger partial charge is 0.497 e. The Morgan fingerprint density at radius 1 is 1.05 bits per heavy atom. The van der Waals surface area contributed by atoms with Gasteiger partial charge >= 0.3 is 0 Å². The monoisotopic (exact) mass is 258 g/mol. The van der Waals surface area contributed by atoms with Crippen molar-refractivity contribution in [3.05, 3.63) is 53.6 Å². The number of methoxy groups -OCH3 is 1. The van der Waals surface area contributed by atoms with Crippen molar-refractivity contribution >= 4 is 0 Å². The molecule has 0 radical (unpaired) electrons. The van der Waals surface area contributed by atoms with Gasteiger partial charge in [-0.3, -0.25) is 0 Å². The van der Waals surface area contributed by atoms with E-state index in [0.717, 1.165) is 16.9 Å². The second-order valence-electron chi connectivity index (χ2n) is 4.29. The van der Waals surface area contributed by atoms with Crippen LogP contribution < -0.4 is 14.2 Å². The molecule has 1 N–H and O–H groups in total. The van der Waals surface area contributed by atoms with Gasteiger partial charge in [-0.15, -0.1) is 0 Å². The summed E-state index contributed by atoms with van der Waals surface area (Å²) in [6, 6.07) is 12.8. The molecule has 0 unspecified atom stereocenters. The van der Waals surface area contributed by atoms with E-state index in [1.165, 1.54) is 0 Å². The second kappa shape index (κ2) is 4.82. The maximum absolute atomic E-state index is 10.4. The molecule has 0 fully saturated rings. The van der Waals surface area contributed by atoms with Gasteiger partial charge in [0, 0.05) is 0 Å². The predicted octanol–water partition coefficient (Wildman–Crippen LogP) is 2.51. The number of aliphatic hydroxyl groups is 1. The van der Waals surface area contributed by atoms with Gasteiger partial charge in [-0.05, 0) is 35.4 Å². The Morgan fingerprint density at radius 3 is 2.68 bits per heavy atom. The predicted molar refractivity (Wildman–Crippen MR) is 69.6 cm³/mol. The van der Waals surface area contributed by atoms with E-state index >= 15 is 0 Å². The average molecular weight is 258 g/mol. The van der Waals surface area contributed by atoms with Crippen LogP contribution in [0.4, 0.5) is 0 Å². The fourth-order valence-electron chi connectivity index (χ4n) is 2.09. The molecule has 1 heterocycles. The first-order chi connectivity index (χ1) is 9.28. The summed E-state index contributed by atoms with van der Waals surface area (Å²) < 4.78 is 15.7. The highest BCUT2D eigenvalue weighted by molar-refractivity contribution is 5.47. The Balaban J connectivity index is 1.92. The van der Waals surface area contributed by atoms with Crippen molar-refractivity contribution in [2.75, 3.05) is 13.9 Å². The SMILES string of the molecule is COc1cccc([C@@H](O)c2ccc3c(c2)OCO3)c1. The minimum absolute atomic E-state index is 0.230. The van der Waals surface area contributed by atoms with Crippen LogP contribution in [0.3, 0.4) is 0 Å². The molecule has 19 heavy (non-hydrogen) atoms. The quantitative estimate of drug-likeness (QED) is 0.919. The zero-order chi connectivity index (χ0) is 13.2. The maximum Gasteiger partial charge on any atom is 0.231 e. The summed E-state index contributed by atoms with van der Waals surface area (Å²) in [5, 5.41) is 10.4. The second-order valence-corrected chi connectivity index (χ2v) is 4.29. The number of hydrogen-bond donors (Lipinski definition) is 1. The molecule has 1 aliphatic rings.